The average Bonchev–Trinajstić information content (AvgIpc) is 2.79. The van der Waals surface area contributed by atoms with Gasteiger partial charge in [0.1, 0.15) is 5.78 Å². The highest BCUT2D eigenvalue weighted by Crippen LogP contribution is 2.47. The molecule has 0 saturated heterocycles. The zero-order chi connectivity index (χ0) is 26.2. The van der Waals surface area contributed by atoms with Crippen molar-refractivity contribution >= 4 is 25.3 Å². The first-order valence-corrected chi connectivity index (χ1v) is 13.2. The number of alkyl carbamates (subject to hydrolysis) is 1. The van der Waals surface area contributed by atoms with Crippen molar-refractivity contribution < 1.29 is 33.3 Å². The van der Waals surface area contributed by atoms with Gasteiger partial charge in [0.2, 0.25) is 19.6 Å². The lowest BCUT2D eigenvalue weighted by Crippen LogP contribution is -2.38. The Labute approximate surface area is 205 Å². The molecule has 2 aromatic carbocycles. The fraction of sp³-hybridized carbons (Fsp3) is 0.400. The van der Waals surface area contributed by atoms with Crippen molar-refractivity contribution in [3.8, 4) is 11.1 Å². The number of benzene rings is 2. The predicted octanol–water partition coefficient (Wildman–Crippen LogP) is 3.89. The highest BCUT2D eigenvalue weighted by molar-refractivity contribution is 7.58. The number of rotatable bonds is 11. The number of hydrogen-bond acceptors (Lipinski definition) is 6. The van der Waals surface area contributed by atoms with Crippen LogP contribution in [0.3, 0.4) is 0 Å². The van der Waals surface area contributed by atoms with E-state index in [4.69, 9.17) is 15.2 Å². The second kappa shape index (κ2) is 12.5. The average molecular weight is 505 g/mol. The number of amides is 2. The highest BCUT2D eigenvalue weighted by Gasteiger charge is 2.34. The van der Waals surface area contributed by atoms with Crippen LogP contribution in [0.1, 0.15) is 33.3 Å². The van der Waals surface area contributed by atoms with Crippen molar-refractivity contribution in [2.45, 2.75) is 46.2 Å². The Kier molecular flexibility index (Phi) is 10.0. The summed E-state index contributed by atoms with van der Waals surface area (Å²) in [6.45, 7) is 5.95. The standard InChI is InChI=1S/C25H33N2O7P/c1-16(2)24(29)33-18(4)34-25(30)27-17(3)35(31,32)15-22(23(26)28)14-19-10-12-21(13-11-19)20-8-6-5-7-9-20/h5-13,16-18,22H,14-15H2,1-4H3,(H2,26,28)(H,27,30)(H,31,32)/t17-,18?,22-/m1/s1. The van der Waals surface area contributed by atoms with E-state index in [9.17, 15) is 23.8 Å². The summed E-state index contributed by atoms with van der Waals surface area (Å²) in [5.74, 6) is -3.80. The minimum Gasteiger partial charge on any atom is -0.425 e. The molecule has 0 aliphatic carbocycles. The minimum atomic E-state index is -4.05. The Hall–Kier alpha value is -3.16. The first-order chi connectivity index (χ1) is 16.4. The number of carbonyl (C=O) groups excluding carboxylic acids is 3. The Balaban J connectivity index is 1.98. The van der Waals surface area contributed by atoms with Crippen LogP contribution < -0.4 is 11.1 Å². The maximum Gasteiger partial charge on any atom is 0.410 e. The van der Waals surface area contributed by atoms with Crippen LogP contribution >= 0.6 is 7.37 Å². The normalized spacial score (nSPS) is 15.4. The van der Waals surface area contributed by atoms with E-state index in [2.05, 4.69) is 5.32 Å². The van der Waals surface area contributed by atoms with Gasteiger partial charge in [-0.1, -0.05) is 68.4 Å². The van der Waals surface area contributed by atoms with Gasteiger partial charge >= 0.3 is 12.1 Å². The Bertz CT molecular complexity index is 1060. The van der Waals surface area contributed by atoms with E-state index in [1.807, 2.05) is 54.6 Å². The molecule has 2 unspecified atom stereocenters. The lowest BCUT2D eigenvalue weighted by atomic mass is 9.98. The Morgan fingerprint density at radius 3 is 2.06 bits per heavy atom. The molecule has 2 amide bonds. The molecule has 4 N–H and O–H groups in total. The molecular formula is C25H33N2O7P. The molecule has 10 heteroatoms. The van der Waals surface area contributed by atoms with Gasteiger partial charge in [0, 0.05) is 13.1 Å². The Morgan fingerprint density at radius 1 is 0.943 bits per heavy atom. The van der Waals surface area contributed by atoms with Gasteiger partial charge in [-0.15, -0.1) is 0 Å². The molecule has 9 nitrogen and oxygen atoms in total. The maximum absolute atomic E-state index is 12.9. The van der Waals surface area contributed by atoms with E-state index in [0.717, 1.165) is 16.7 Å². The molecule has 190 valence electrons. The van der Waals surface area contributed by atoms with Crippen LogP contribution in [0.4, 0.5) is 4.79 Å². The van der Waals surface area contributed by atoms with Crippen molar-refractivity contribution in [1.29, 1.82) is 0 Å². The fourth-order valence-corrected chi connectivity index (χ4v) is 4.82. The van der Waals surface area contributed by atoms with Crippen LogP contribution in [-0.4, -0.2) is 41.1 Å². The SMILES string of the molecule is CC(OC(=O)N[C@@H](C)P(=O)(O)C[C@@H](Cc1ccc(-c2ccccc2)cc1)C(N)=O)OC(=O)C(C)C. The first kappa shape index (κ1) is 28.1. The van der Waals surface area contributed by atoms with Crippen LogP contribution in [0.15, 0.2) is 54.6 Å². The maximum atomic E-state index is 12.9. The molecular weight excluding hydrogens is 471 g/mol. The van der Waals surface area contributed by atoms with E-state index in [0.29, 0.717) is 0 Å². The molecule has 4 atom stereocenters. The van der Waals surface area contributed by atoms with Crippen molar-refractivity contribution in [2.24, 2.45) is 17.6 Å². The quantitative estimate of drug-likeness (QED) is 0.239. The van der Waals surface area contributed by atoms with Gasteiger partial charge in [-0.25, -0.2) is 4.79 Å². The molecule has 0 radical (unpaired) electrons. The summed E-state index contributed by atoms with van der Waals surface area (Å²) < 4.78 is 22.8. The number of esters is 1. The molecule has 0 aromatic heterocycles. The molecule has 0 spiro atoms. The third-order valence-electron chi connectivity index (χ3n) is 5.39. The molecule has 0 aliphatic heterocycles. The number of primary amides is 1. The lowest BCUT2D eigenvalue weighted by molar-refractivity contribution is -0.168. The summed E-state index contributed by atoms with van der Waals surface area (Å²) in [7, 11) is -4.05. The van der Waals surface area contributed by atoms with Crippen LogP contribution in [0.2, 0.25) is 0 Å². The fourth-order valence-electron chi connectivity index (χ4n) is 3.26. The molecule has 0 saturated carbocycles. The van der Waals surface area contributed by atoms with Crippen molar-refractivity contribution in [3.05, 3.63) is 60.2 Å². The number of hydrogen-bond donors (Lipinski definition) is 3. The predicted molar refractivity (Wildman–Crippen MR) is 132 cm³/mol. The van der Waals surface area contributed by atoms with Gasteiger partial charge < -0.3 is 25.4 Å². The molecule has 0 aliphatic rings. The minimum absolute atomic E-state index is 0.175. The number of nitrogens with one attached hydrogen (secondary N) is 1. The molecule has 2 aromatic rings. The molecule has 35 heavy (non-hydrogen) atoms. The molecule has 2 rings (SSSR count). The second-order valence-corrected chi connectivity index (χ2v) is 11.3. The van der Waals surface area contributed by atoms with Crippen molar-refractivity contribution in [2.75, 3.05) is 6.16 Å². The summed E-state index contributed by atoms with van der Waals surface area (Å²) >= 11 is 0. The van der Waals surface area contributed by atoms with Gasteiger partial charge in [-0.3, -0.25) is 14.2 Å². The number of carbonyl (C=O) groups is 3. The summed E-state index contributed by atoms with van der Waals surface area (Å²) in [4.78, 5) is 46.3. The van der Waals surface area contributed by atoms with Crippen LogP contribution in [0.5, 0.6) is 0 Å². The van der Waals surface area contributed by atoms with Crippen molar-refractivity contribution in [1.82, 2.24) is 5.32 Å². The third kappa shape index (κ3) is 8.85. The van der Waals surface area contributed by atoms with Gasteiger partial charge in [-0.05, 0) is 30.0 Å². The molecule has 0 fully saturated rings. The third-order valence-corrected chi connectivity index (χ3v) is 7.69. The van der Waals surface area contributed by atoms with E-state index in [1.165, 1.54) is 13.8 Å². The van der Waals surface area contributed by atoms with Gasteiger partial charge in [-0.2, -0.15) is 0 Å². The highest BCUT2D eigenvalue weighted by atomic mass is 31.2. The topological polar surface area (TPSA) is 145 Å². The summed E-state index contributed by atoms with van der Waals surface area (Å²) in [5.41, 5.74) is 8.35. The van der Waals surface area contributed by atoms with Crippen LogP contribution in [0.25, 0.3) is 11.1 Å². The van der Waals surface area contributed by atoms with Crippen LogP contribution in [0, 0.1) is 11.8 Å². The van der Waals surface area contributed by atoms with E-state index < -0.39 is 55.4 Å². The zero-order valence-electron chi connectivity index (χ0n) is 20.3. The second-order valence-electron chi connectivity index (χ2n) is 8.69. The van der Waals surface area contributed by atoms with Crippen molar-refractivity contribution in [3.63, 3.8) is 0 Å². The van der Waals surface area contributed by atoms with Crippen LogP contribution in [-0.2, 0) is 30.0 Å². The molecule has 0 heterocycles. The lowest BCUT2D eigenvalue weighted by Gasteiger charge is -2.24. The monoisotopic (exact) mass is 504 g/mol. The largest absolute Gasteiger partial charge is 0.425 e. The van der Waals surface area contributed by atoms with Gasteiger partial charge in [0.25, 0.3) is 0 Å². The smallest absolute Gasteiger partial charge is 0.410 e. The van der Waals surface area contributed by atoms with Gasteiger partial charge in [0.15, 0.2) is 0 Å². The summed E-state index contributed by atoms with van der Waals surface area (Å²) in [5, 5.41) is 2.27. The summed E-state index contributed by atoms with van der Waals surface area (Å²) in [6, 6.07) is 17.3. The number of nitrogens with two attached hydrogens (primary N) is 1. The molecule has 0 bridgehead atoms. The Morgan fingerprint density at radius 2 is 1.51 bits per heavy atom. The first-order valence-electron chi connectivity index (χ1n) is 11.3. The van der Waals surface area contributed by atoms with Gasteiger partial charge in [0.05, 0.1) is 11.8 Å². The van der Waals surface area contributed by atoms with E-state index in [1.54, 1.807) is 13.8 Å². The number of ether oxygens (including phenoxy) is 2. The van der Waals surface area contributed by atoms with E-state index in [-0.39, 0.29) is 6.42 Å². The van der Waals surface area contributed by atoms with E-state index >= 15 is 0 Å². The summed E-state index contributed by atoms with van der Waals surface area (Å²) in [6.07, 6.45) is -2.44. The zero-order valence-corrected chi connectivity index (χ0v) is 21.2.